The Kier molecular flexibility index (Phi) is 6.91. The van der Waals surface area contributed by atoms with E-state index in [1.807, 2.05) is 0 Å². The van der Waals surface area contributed by atoms with Gasteiger partial charge in [-0.2, -0.15) is 0 Å². The van der Waals surface area contributed by atoms with Crippen molar-refractivity contribution in [3.63, 3.8) is 0 Å². The second kappa shape index (κ2) is 9.86. The molecule has 0 unspecified atom stereocenters. The van der Waals surface area contributed by atoms with E-state index in [2.05, 4.69) is 15.1 Å². The van der Waals surface area contributed by atoms with Gasteiger partial charge in [-0.25, -0.2) is 4.39 Å². The lowest BCUT2D eigenvalue weighted by Crippen LogP contribution is -2.48. The van der Waals surface area contributed by atoms with Crippen LogP contribution in [-0.4, -0.2) is 61.6 Å². The first-order chi connectivity index (χ1) is 15.8. The molecule has 1 fully saturated rings. The number of piperazine rings is 1. The molecule has 1 aliphatic heterocycles. The van der Waals surface area contributed by atoms with Gasteiger partial charge in [0.25, 0.3) is 11.6 Å². The topological polar surface area (TPSA) is 97.4 Å². The summed E-state index contributed by atoms with van der Waals surface area (Å²) < 4.78 is 14.9. The van der Waals surface area contributed by atoms with E-state index in [0.717, 1.165) is 17.3 Å². The molecule has 172 valence electrons. The number of carbonyl (C=O) groups excluding carboxylic acids is 1. The minimum Gasteiger partial charge on any atom is -0.336 e. The Balaban J connectivity index is 1.42. The summed E-state index contributed by atoms with van der Waals surface area (Å²) in [6.45, 7) is 2.73. The number of rotatable bonds is 6. The molecule has 0 aliphatic carbocycles. The number of nitrogens with zero attached hydrogens (tertiary/aromatic N) is 6. The zero-order chi connectivity index (χ0) is 23.5. The summed E-state index contributed by atoms with van der Waals surface area (Å²) in [6, 6.07) is 8.80. The summed E-state index contributed by atoms with van der Waals surface area (Å²) in [6.07, 6.45) is 1.51. The zero-order valence-electron chi connectivity index (χ0n) is 17.6. The van der Waals surface area contributed by atoms with Gasteiger partial charge in [0.15, 0.2) is 5.16 Å². The Labute approximate surface area is 198 Å². The molecule has 9 nitrogen and oxygen atoms in total. The Bertz CT molecular complexity index is 1200. The van der Waals surface area contributed by atoms with E-state index in [0.29, 0.717) is 47.8 Å². The molecule has 2 aromatic carbocycles. The van der Waals surface area contributed by atoms with E-state index >= 15 is 0 Å². The van der Waals surface area contributed by atoms with E-state index in [4.69, 9.17) is 11.6 Å². The summed E-state index contributed by atoms with van der Waals surface area (Å²) >= 11 is 7.23. The van der Waals surface area contributed by atoms with Crippen molar-refractivity contribution in [1.29, 1.82) is 0 Å². The van der Waals surface area contributed by atoms with Crippen LogP contribution in [0.5, 0.6) is 0 Å². The molecule has 2 heterocycles. The average Bonchev–Trinajstić information content (AvgIpc) is 3.20. The number of amides is 1. The van der Waals surface area contributed by atoms with Crippen molar-refractivity contribution in [3.8, 4) is 0 Å². The van der Waals surface area contributed by atoms with Crippen molar-refractivity contribution in [1.82, 2.24) is 24.6 Å². The predicted molar refractivity (Wildman–Crippen MR) is 121 cm³/mol. The minimum atomic E-state index is -0.500. The van der Waals surface area contributed by atoms with Crippen LogP contribution in [0.1, 0.15) is 15.9 Å². The van der Waals surface area contributed by atoms with E-state index in [9.17, 15) is 19.3 Å². The smallest absolute Gasteiger partial charge is 0.284 e. The van der Waals surface area contributed by atoms with Crippen LogP contribution in [0.15, 0.2) is 52.8 Å². The number of aromatic nitrogens is 3. The number of nitro benzene ring substituents is 1. The third kappa shape index (κ3) is 5.32. The summed E-state index contributed by atoms with van der Waals surface area (Å²) in [4.78, 5) is 28.3. The fourth-order valence-electron chi connectivity index (χ4n) is 3.53. The molecule has 4 rings (SSSR count). The van der Waals surface area contributed by atoms with Crippen LogP contribution in [0.2, 0.25) is 5.02 Å². The maximum atomic E-state index is 13.2. The van der Waals surface area contributed by atoms with Crippen molar-refractivity contribution in [2.75, 3.05) is 26.2 Å². The Morgan fingerprint density at radius 3 is 2.61 bits per heavy atom. The lowest BCUT2D eigenvalue weighted by atomic mass is 10.1. The zero-order valence-corrected chi connectivity index (χ0v) is 19.2. The maximum absolute atomic E-state index is 13.2. The van der Waals surface area contributed by atoms with Crippen LogP contribution in [0.3, 0.4) is 0 Å². The number of benzene rings is 2. The van der Waals surface area contributed by atoms with Gasteiger partial charge in [-0.15, -0.1) is 10.2 Å². The second-order valence-electron chi connectivity index (χ2n) is 7.57. The molecular weight excluding hydrogens is 471 g/mol. The first-order valence-corrected chi connectivity index (χ1v) is 11.3. The first kappa shape index (κ1) is 23.1. The lowest BCUT2D eigenvalue weighted by Gasteiger charge is -2.35. The van der Waals surface area contributed by atoms with Gasteiger partial charge in [-0.05, 0) is 41.6 Å². The van der Waals surface area contributed by atoms with Crippen LogP contribution in [-0.2, 0) is 13.6 Å². The highest BCUT2D eigenvalue weighted by Gasteiger charge is 2.25. The van der Waals surface area contributed by atoms with Crippen LogP contribution >= 0.6 is 23.4 Å². The summed E-state index contributed by atoms with van der Waals surface area (Å²) in [5, 5.41) is 20.2. The third-order valence-corrected chi connectivity index (χ3v) is 6.81. The van der Waals surface area contributed by atoms with Gasteiger partial charge >= 0.3 is 0 Å². The largest absolute Gasteiger partial charge is 0.336 e. The summed E-state index contributed by atoms with van der Waals surface area (Å²) in [5.41, 5.74) is 0.932. The molecule has 1 aliphatic rings. The molecule has 0 atom stereocenters. The molecule has 0 radical (unpaired) electrons. The number of hydrogen-bond acceptors (Lipinski definition) is 7. The Morgan fingerprint density at radius 2 is 1.97 bits per heavy atom. The number of nitro groups is 1. The molecule has 0 spiro atoms. The van der Waals surface area contributed by atoms with Crippen LogP contribution < -0.4 is 0 Å². The predicted octanol–water partition coefficient (Wildman–Crippen LogP) is 3.63. The highest BCUT2D eigenvalue weighted by atomic mass is 35.5. The SMILES string of the molecule is Cn1cnnc1Sc1ccc(C(=O)N2CCN(Cc3ccc(F)cc3Cl)CC2)cc1[N+](=O)[O-]. The van der Waals surface area contributed by atoms with Crippen molar-refractivity contribution in [2.45, 2.75) is 16.6 Å². The monoisotopic (exact) mass is 490 g/mol. The molecule has 1 saturated heterocycles. The van der Waals surface area contributed by atoms with Gasteiger partial charge in [0, 0.05) is 56.4 Å². The Morgan fingerprint density at radius 1 is 1.21 bits per heavy atom. The molecule has 0 N–H and O–H groups in total. The molecule has 12 heteroatoms. The van der Waals surface area contributed by atoms with Crippen LogP contribution in [0.4, 0.5) is 10.1 Å². The Hall–Kier alpha value is -3.02. The molecule has 1 aromatic heterocycles. The molecule has 3 aromatic rings. The summed E-state index contributed by atoms with van der Waals surface area (Å²) in [5.74, 6) is -0.637. The fraction of sp³-hybridized carbons (Fsp3) is 0.286. The highest BCUT2D eigenvalue weighted by molar-refractivity contribution is 7.99. The number of hydrogen-bond donors (Lipinski definition) is 0. The molecular formula is C21H20ClFN6O3S. The van der Waals surface area contributed by atoms with Gasteiger partial charge in [-0.3, -0.25) is 19.8 Å². The fourth-order valence-corrected chi connectivity index (χ4v) is 4.60. The lowest BCUT2D eigenvalue weighted by molar-refractivity contribution is -0.387. The molecule has 0 bridgehead atoms. The van der Waals surface area contributed by atoms with Crippen molar-refractivity contribution in [3.05, 3.63) is 74.8 Å². The maximum Gasteiger partial charge on any atom is 0.284 e. The van der Waals surface area contributed by atoms with Gasteiger partial charge in [-0.1, -0.05) is 17.7 Å². The first-order valence-electron chi connectivity index (χ1n) is 10.1. The number of halogens is 2. The molecule has 0 saturated carbocycles. The van der Waals surface area contributed by atoms with Crippen LogP contribution in [0.25, 0.3) is 0 Å². The highest BCUT2D eigenvalue weighted by Crippen LogP contribution is 2.34. The molecule has 33 heavy (non-hydrogen) atoms. The standard InChI is InChI=1S/C21H20ClFN6O3S/c1-26-13-24-25-21(26)33-19-5-3-14(10-18(19)29(31)32)20(30)28-8-6-27(7-9-28)12-15-2-4-16(23)11-17(15)22/h2-5,10-11,13H,6-9,12H2,1H3. The molecule has 1 amide bonds. The second-order valence-corrected chi connectivity index (χ2v) is 8.99. The van der Waals surface area contributed by atoms with E-state index in [1.54, 1.807) is 34.7 Å². The minimum absolute atomic E-state index is 0.154. The quantitative estimate of drug-likeness (QED) is 0.384. The third-order valence-electron chi connectivity index (χ3n) is 5.34. The average molecular weight is 491 g/mol. The van der Waals surface area contributed by atoms with Crippen LogP contribution in [0, 0.1) is 15.9 Å². The summed E-state index contributed by atoms with van der Waals surface area (Å²) in [7, 11) is 1.75. The van der Waals surface area contributed by atoms with E-state index in [1.165, 1.54) is 24.5 Å². The van der Waals surface area contributed by atoms with Gasteiger partial charge in [0.1, 0.15) is 12.1 Å². The van der Waals surface area contributed by atoms with E-state index < -0.39 is 4.92 Å². The van der Waals surface area contributed by atoms with Crippen molar-refractivity contribution in [2.24, 2.45) is 7.05 Å². The van der Waals surface area contributed by atoms with Gasteiger partial charge in [0.05, 0.1) is 9.82 Å². The normalized spacial score (nSPS) is 14.5. The van der Waals surface area contributed by atoms with E-state index in [-0.39, 0.29) is 23.0 Å². The van der Waals surface area contributed by atoms with Gasteiger partial charge in [0.2, 0.25) is 0 Å². The van der Waals surface area contributed by atoms with Crippen molar-refractivity contribution < 1.29 is 14.1 Å². The number of aryl methyl sites for hydroxylation is 1. The van der Waals surface area contributed by atoms with Crippen molar-refractivity contribution >= 4 is 35.0 Å². The van der Waals surface area contributed by atoms with Gasteiger partial charge < -0.3 is 9.47 Å². The number of carbonyl (C=O) groups is 1.